The van der Waals surface area contributed by atoms with Gasteiger partial charge in [-0.15, -0.1) is 0 Å². The van der Waals surface area contributed by atoms with Crippen LogP contribution in [0.2, 0.25) is 0 Å². The molecule has 0 bridgehead atoms. The number of hydrogen-bond acceptors (Lipinski definition) is 3. The second-order valence-corrected chi connectivity index (χ2v) is 8.35. The quantitative estimate of drug-likeness (QED) is 0.866. The van der Waals surface area contributed by atoms with E-state index in [9.17, 15) is 13.2 Å². The van der Waals surface area contributed by atoms with Crippen molar-refractivity contribution in [2.75, 3.05) is 40.3 Å². The van der Waals surface area contributed by atoms with E-state index in [0.717, 1.165) is 17.0 Å². The molecule has 8 heteroatoms. The van der Waals surface area contributed by atoms with Gasteiger partial charge in [-0.05, 0) is 31.9 Å². The first-order chi connectivity index (χ1) is 10.7. The Morgan fingerprint density at radius 1 is 1.22 bits per heavy atom. The summed E-state index contributed by atoms with van der Waals surface area (Å²) in [4.78, 5) is 17.5. The van der Waals surface area contributed by atoms with E-state index in [4.69, 9.17) is 0 Å². The molecular weight excluding hydrogens is 316 g/mol. The average Bonchev–Trinajstić information content (AvgIpc) is 2.68. The van der Waals surface area contributed by atoms with Crippen molar-refractivity contribution in [1.82, 2.24) is 18.5 Å². The van der Waals surface area contributed by atoms with Gasteiger partial charge in [0.2, 0.25) is 5.91 Å². The molecule has 1 N–H and O–H groups in total. The predicted molar refractivity (Wildman–Crippen MR) is 89.3 cm³/mol. The van der Waals surface area contributed by atoms with E-state index in [1.54, 1.807) is 4.90 Å². The summed E-state index contributed by atoms with van der Waals surface area (Å²) < 4.78 is 27.1. The standard InChI is InChI=1S/C15H26N4O3S/c1-12-10-14(13(2)16-12)11-15(20)18-6-5-7-19(9-8-18)23(21,22)17(3)4/h10,16H,5-9,11H2,1-4H3. The number of carbonyl (C=O) groups is 1. The van der Waals surface area contributed by atoms with Crippen LogP contribution in [-0.2, 0) is 21.4 Å². The van der Waals surface area contributed by atoms with Crippen molar-refractivity contribution >= 4 is 16.1 Å². The lowest BCUT2D eigenvalue weighted by Crippen LogP contribution is -2.42. The Labute approximate surface area is 138 Å². The van der Waals surface area contributed by atoms with Gasteiger partial charge in [0.1, 0.15) is 0 Å². The van der Waals surface area contributed by atoms with Gasteiger partial charge >= 0.3 is 0 Å². The Bertz CT molecular complexity index is 666. The van der Waals surface area contributed by atoms with Crippen LogP contribution >= 0.6 is 0 Å². The van der Waals surface area contributed by atoms with Crippen LogP contribution in [0.25, 0.3) is 0 Å². The summed E-state index contributed by atoms with van der Waals surface area (Å²) in [5.41, 5.74) is 3.07. The number of H-pyrrole nitrogens is 1. The second-order valence-electron chi connectivity index (χ2n) is 6.20. The summed E-state index contributed by atoms with van der Waals surface area (Å²) in [6, 6.07) is 1.99. The molecule has 0 unspecified atom stereocenters. The maximum atomic E-state index is 12.5. The Hall–Kier alpha value is -1.38. The average molecular weight is 342 g/mol. The molecule has 0 saturated carbocycles. The first kappa shape index (κ1) is 18.0. The highest BCUT2D eigenvalue weighted by Crippen LogP contribution is 2.14. The van der Waals surface area contributed by atoms with E-state index in [1.165, 1.54) is 22.7 Å². The number of amides is 1. The molecule has 1 amide bonds. The molecule has 1 saturated heterocycles. The minimum absolute atomic E-state index is 0.0520. The van der Waals surface area contributed by atoms with Gasteiger partial charge in [0.05, 0.1) is 6.42 Å². The summed E-state index contributed by atoms with van der Waals surface area (Å²) in [7, 11) is -0.355. The van der Waals surface area contributed by atoms with Crippen molar-refractivity contribution in [3.63, 3.8) is 0 Å². The SMILES string of the molecule is Cc1cc(CC(=O)N2CCCN(S(=O)(=O)N(C)C)CC2)c(C)[nH]1. The Kier molecular flexibility index (Phi) is 5.49. The van der Waals surface area contributed by atoms with Gasteiger partial charge in [-0.2, -0.15) is 17.0 Å². The van der Waals surface area contributed by atoms with Crippen molar-refractivity contribution in [1.29, 1.82) is 0 Å². The van der Waals surface area contributed by atoms with E-state index in [1.807, 2.05) is 19.9 Å². The van der Waals surface area contributed by atoms with Crippen LogP contribution < -0.4 is 0 Å². The summed E-state index contributed by atoms with van der Waals surface area (Å²) in [6.45, 7) is 5.76. The summed E-state index contributed by atoms with van der Waals surface area (Å²) in [5.74, 6) is 0.0520. The van der Waals surface area contributed by atoms with Gasteiger partial charge in [0.25, 0.3) is 10.2 Å². The number of nitrogens with one attached hydrogen (secondary N) is 1. The third kappa shape index (κ3) is 4.13. The number of aryl methyl sites for hydroxylation is 2. The molecule has 0 atom stereocenters. The van der Waals surface area contributed by atoms with Crippen LogP contribution in [0, 0.1) is 13.8 Å². The molecule has 1 aromatic rings. The smallest absolute Gasteiger partial charge is 0.281 e. The van der Waals surface area contributed by atoms with Gasteiger partial charge in [-0.25, -0.2) is 0 Å². The fraction of sp³-hybridized carbons (Fsp3) is 0.667. The third-order valence-electron chi connectivity index (χ3n) is 4.19. The Balaban J connectivity index is 2.00. The third-order valence-corrected chi connectivity index (χ3v) is 6.13. The van der Waals surface area contributed by atoms with Gasteiger partial charge < -0.3 is 9.88 Å². The van der Waals surface area contributed by atoms with Crippen molar-refractivity contribution < 1.29 is 13.2 Å². The first-order valence-electron chi connectivity index (χ1n) is 7.82. The zero-order valence-corrected chi connectivity index (χ0v) is 15.1. The normalized spacial score (nSPS) is 17.5. The number of aromatic amines is 1. The fourth-order valence-electron chi connectivity index (χ4n) is 2.84. The zero-order chi connectivity index (χ0) is 17.2. The zero-order valence-electron chi connectivity index (χ0n) is 14.3. The monoisotopic (exact) mass is 342 g/mol. The number of rotatable bonds is 4. The number of aromatic nitrogens is 1. The molecule has 1 aliphatic rings. The van der Waals surface area contributed by atoms with Crippen LogP contribution in [0.4, 0.5) is 0 Å². The Morgan fingerprint density at radius 3 is 2.48 bits per heavy atom. The minimum atomic E-state index is -3.41. The van der Waals surface area contributed by atoms with E-state index in [-0.39, 0.29) is 5.91 Å². The highest BCUT2D eigenvalue weighted by Gasteiger charge is 2.28. The number of nitrogens with zero attached hydrogens (tertiary/aromatic N) is 3. The highest BCUT2D eigenvalue weighted by molar-refractivity contribution is 7.86. The van der Waals surface area contributed by atoms with Crippen LogP contribution in [-0.4, -0.2) is 73.1 Å². The van der Waals surface area contributed by atoms with Gasteiger partial charge in [0, 0.05) is 51.7 Å². The molecule has 0 aromatic carbocycles. The lowest BCUT2D eigenvalue weighted by molar-refractivity contribution is -0.130. The fourth-order valence-corrected chi connectivity index (χ4v) is 3.98. The number of hydrogen-bond donors (Lipinski definition) is 1. The molecule has 0 aliphatic carbocycles. The predicted octanol–water partition coefficient (Wildman–Crippen LogP) is 0.515. The van der Waals surface area contributed by atoms with Crippen molar-refractivity contribution in [2.45, 2.75) is 26.7 Å². The molecular formula is C15H26N4O3S. The molecule has 1 fully saturated rings. The topological polar surface area (TPSA) is 76.7 Å². The van der Waals surface area contributed by atoms with Crippen molar-refractivity contribution in [2.24, 2.45) is 0 Å². The lowest BCUT2D eigenvalue weighted by atomic mass is 10.1. The molecule has 0 radical (unpaired) electrons. The van der Waals surface area contributed by atoms with Crippen LogP contribution in [0.3, 0.4) is 0 Å². The molecule has 0 spiro atoms. The molecule has 1 aromatic heterocycles. The highest BCUT2D eigenvalue weighted by atomic mass is 32.2. The van der Waals surface area contributed by atoms with E-state index in [2.05, 4.69) is 4.98 Å². The molecule has 1 aliphatic heterocycles. The summed E-state index contributed by atoms with van der Waals surface area (Å²) >= 11 is 0. The van der Waals surface area contributed by atoms with E-state index < -0.39 is 10.2 Å². The van der Waals surface area contributed by atoms with Crippen molar-refractivity contribution in [3.8, 4) is 0 Å². The van der Waals surface area contributed by atoms with Crippen LogP contribution in [0.5, 0.6) is 0 Å². The minimum Gasteiger partial charge on any atom is -0.362 e. The molecule has 23 heavy (non-hydrogen) atoms. The largest absolute Gasteiger partial charge is 0.362 e. The van der Waals surface area contributed by atoms with Crippen molar-refractivity contribution in [3.05, 3.63) is 23.0 Å². The molecule has 2 heterocycles. The maximum absolute atomic E-state index is 12.5. The van der Waals surface area contributed by atoms with E-state index in [0.29, 0.717) is 39.0 Å². The summed E-state index contributed by atoms with van der Waals surface area (Å²) in [5, 5.41) is 0. The van der Waals surface area contributed by atoms with Gasteiger partial charge in [0.15, 0.2) is 0 Å². The molecule has 7 nitrogen and oxygen atoms in total. The van der Waals surface area contributed by atoms with Crippen LogP contribution in [0.1, 0.15) is 23.4 Å². The second kappa shape index (κ2) is 7.02. The first-order valence-corrected chi connectivity index (χ1v) is 9.22. The van der Waals surface area contributed by atoms with Gasteiger partial charge in [-0.1, -0.05) is 0 Å². The van der Waals surface area contributed by atoms with E-state index >= 15 is 0 Å². The summed E-state index contributed by atoms with van der Waals surface area (Å²) in [6.07, 6.45) is 1.01. The Morgan fingerprint density at radius 2 is 1.91 bits per heavy atom. The molecule has 130 valence electrons. The number of carbonyl (C=O) groups excluding carboxylic acids is 1. The maximum Gasteiger partial charge on any atom is 0.281 e. The molecule has 2 rings (SSSR count). The van der Waals surface area contributed by atoms with Gasteiger partial charge in [-0.3, -0.25) is 4.79 Å². The van der Waals surface area contributed by atoms with Crippen LogP contribution in [0.15, 0.2) is 6.07 Å². The lowest BCUT2D eigenvalue weighted by Gasteiger charge is -2.24.